The molecule has 0 unspecified atom stereocenters. The molecular formula is C12H11ClN2O3. The van der Waals surface area contributed by atoms with E-state index in [1.165, 1.54) is 13.2 Å². The number of benzene rings is 1. The van der Waals surface area contributed by atoms with Gasteiger partial charge in [0.1, 0.15) is 5.75 Å². The van der Waals surface area contributed by atoms with E-state index in [4.69, 9.17) is 21.4 Å². The Bertz CT molecular complexity index is 628. The number of anilines is 1. The second-order valence-corrected chi connectivity index (χ2v) is 3.99. The van der Waals surface area contributed by atoms with Crippen LogP contribution in [0.15, 0.2) is 18.2 Å². The van der Waals surface area contributed by atoms with Crippen molar-refractivity contribution < 1.29 is 14.6 Å². The van der Waals surface area contributed by atoms with E-state index < -0.39 is 5.97 Å². The van der Waals surface area contributed by atoms with Crippen molar-refractivity contribution in [1.82, 2.24) is 4.98 Å². The van der Waals surface area contributed by atoms with Gasteiger partial charge in [-0.25, -0.2) is 9.78 Å². The molecule has 0 fully saturated rings. The Hall–Kier alpha value is -2.01. The van der Waals surface area contributed by atoms with Crippen LogP contribution in [0.5, 0.6) is 5.75 Å². The lowest BCUT2D eigenvalue weighted by Gasteiger charge is -2.12. The van der Waals surface area contributed by atoms with Gasteiger partial charge in [-0.1, -0.05) is 11.6 Å². The van der Waals surface area contributed by atoms with Gasteiger partial charge in [0.15, 0.2) is 5.69 Å². The number of methoxy groups -OCH3 is 1. The average Bonchev–Trinajstić information content (AvgIpc) is 2.38. The van der Waals surface area contributed by atoms with Crippen molar-refractivity contribution in [2.45, 2.75) is 0 Å². The summed E-state index contributed by atoms with van der Waals surface area (Å²) in [7, 11) is 3.23. The normalized spacial score (nSPS) is 10.4. The van der Waals surface area contributed by atoms with Crippen LogP contribution in [0.1, 0.15) is 10.5 Å². The summed E-state index contributed by atoms with van der Waals surface area (Å²) in [6.07, 6.45) is 0. The molecule has 0 aliphatic heterocycles. The Kier molecular flexibility index (Phi) is 3.25. The Balaban J connectivity index is 2.90. The Morgan fingerprint density at radius 3 is 2.78 bits per heavy atom. The summed E-state index contributed by atoms with van der Waals surface area (Å²) in [6.45, 7) is 0. The number of carboxylic acid groups (broad SMARTS) is 1. The van der Waals surface area contributed by atoms with Crippen LogP contribution in [0.4, 0.5) is 5.69 Å². The predicted octanol–water partition coefficient (Wildman–Crippen LogP) is 2.64. The molecule has 94 valence electrons. The maximum absolute atomic E-state index is 11.0. The number of hydrogen-bond donors (Lipinski definition) is 2. The predicted molar refractivity (Wildman–Crippen MR) is 69.8 cm³/mol. The molecule has 5 nitrogen and oxygen atoms in total. The maximum atomic E-state index is 11.0. The number of pyridine rings is 1. The molecule has 2 rings (SSSR count). The van der Waals surface area contributed by atoms with E-state index in [1.807, 2.05) is 0 Å². The number of ether oxygens (including phenoxy) is 1. The van der Waals surface area contributed by atoms with Crippen molar-refractivity contribution in [3.05, 3.63) is 28.9 Å². The fourth-order valence-electron chi connectivity index (χ4n) is 1.76. The summed E-state index contributed by atoms with van der Waals surface area (Å²) < 4.78 is 5.24. The summed E-state index contributed by atoms with van der Waals surface area (Å²) in [5.41, 5.74) is 0.944. The molecule has 0 spiro atoms. The molecule has 1 aromatic heterocycles. The van der Waals surface area contributed by atoms with Crippen molar-refractivity contribution in [2.24, 2.45) is 0 Å². The van der Waals surface area contributed by atoms with Gasteiger partial charge in [0.25, 0.3) is 0 Å². The third-order valence-corrected chi connectivity index (χ3v) is 2.89. The first kappa shape index (κ1) is 12.4. The first-order chi connectivity index (χ1) is 8.58. The van der Waals surface area contributed by atoms with Crippen molar-refractivity contribution in [2.75, 3.05) is 19.5 Å². The molecular weight excluding hydrogens is 256 g/mol. The third kappa shape index (κ3) is 1.93. The lowest BCUT2D eigenvalue weighted by molar-refractivity contribution is 0.0691. The van der Waals surface area contributed by atoms with Gasteiger partial charge in [-0.15, -0.1) is 0 Å². The molecule has 1 aromatic carbocycles. The Morgan fingerprint density at radius 1 is 1.50 bits per heavy atom. The van der Waals surface area contributed by atoms with Gasteiger partial charge < -0.3 is 15.2 Å². The van der Waals surface area contributed by atoms with Crippen molar-refractivity contribution in [3.8, 4) is 5.75 Å². The number of halogens is 1. The van der Waals surface area contributed by atoms with E-state index in [-0.39, 0.29) is 5.69 Å². The number of aromatic nitrogens is 1. The highest BCUT2D eigenvalue weighted by molar-refractivity contribution is 6.35. The summed E-state index contributed by atoms with van der Waals surface area (Å²) in [5.74, 6) is -0.518. The first-order valence-electron chi connectivity index (χ1n) is 5.16. The lowest BCUT2D eigenvalue weighted by atomic mass is 10.1. The van der Waals surface area contributed by atoms with Gasteiger partial charge in [-0.3, -0.25) is 0 Å². The molecule has 0 atom stereocenters. The quantitative estimate of drug-likeness (QED) is 0.894. The number of carboxylic acids is 1. The second-order valence-electron chi connectivity index (χ2n) is 3.58. The van der Waals surface area contributed by atoms with Crippen LogP contribution in [0.25, 0.3) is 10.9 Å². The maximum Gasteiger partial charge on any atom is 0.354 e. The number of nitrogens with one attached hydrogen (secondary N) is 1. The number of fused-ring (bicyclic) bond motifs is 1. The SMILES string of the molecule is CNc1cc(C(=O)O)nc2c(Cl)ccc(OC)c12. The molecule has 2 N–H and O–H groups in total. The van der Waals surface area contributed by atoms with E-state index in [1.54, 1.807) is 19.2 Å². The van der Waals surface area contributed by atoms with Gasteiger partial charge in [0.05, 0.1) is 23.0 Å². The fraction of sp³-hybridized carbons (Fsp3) is 0.167. The van der Waals surface area contributed by atoms with Crippen molar-refractivity contribution >= 4 is 34.2 Å². The summed E-state index contributed by atoms with van der Waals surface area (Å²) >= 11 is 6.05. The zero-order valence-electron chi connectivity index (χ0n) is 9.82. The number of nitrogens with zero attached hydrogens (tertiary/aromatic N) is 1. The van der Waals surface area contributed by atoms with Crippen molar-refractivity contribution in [3.63, 3.8) is 0 Å². The largest absolute Gasteiger partial charge is 0.496 e. The molecule has 18 heavy (non-hydrogen) atoms. The highest BCUT2D eigenvalue weighted by atomic mass is 35.5. The van der Waals surface area contributed by atoms with Gasteiger partial charge in [0, 0.05) is 12.7 Å². The van der Waals surface area contributed by atoms with Gasteiger partial charge >= 0.3 is 5.97 Å². The van der Waals surface area contributed by atoms with E-state index in [2.05, 4.69) is 10.3 Å². The third-order valence-electron chi connectivity index (χ3n) is 2.58. The Morgan fingerprint density at radius 2 is 2.22 bits per heavy atom. The molecule has 0 amide bonds. The minimum atomic E-state index is -1.10. The molecule has 0 radical (unpaired) electrons. The van der Waals surface area contributed by atoms with Crippen LogP contribution in [0, 0.1) is 0 Å². The van der Waals surface area contributed by atoms with E-state index >= 15 is 0 Å². The van der Waals surface area contributed by atoms with Crippen LogP contribution in [-0.2, 0) is 0 Å². The van der Waals surface area contributed by atoms with Crippen LogP contribution in [-0.4, -0.2) is 30.2 Å². The summed E-state index contributed by atoms with van der Waals surface area (Å²) in [5, 5.41) is 13.0. The number of hydrogen-bond acceptors (Lipinski definition) is 4. The van der Waals surface area contributed by atoms with Gasteiger partial charge in [0.2, 0.25) is 0 Å². The minimum absolute atomic E-state index is 0.0676. The van der Waals surface area contributed by atoms with E-state index in [0.29, 0.717) is 27.4 Å². The zero-order valence-corrected chi connectivity index (χ0v) is 10.6. The molecule has 0 saturated heterocycles. The van der Waals surface area contributed by atoms with Crippen LogP contribution in [0.3, 0.4) is 0 Å². The summed E-state index contributed by atoms with van der Waals surface area (Å²) in [4.78, 5) is 15.1. The molecule has 0 bridgehead atoms. The highest BCUT2D eigenvalue weighted by Gasteiger charge is 2.15. The van der Waals surface area contributed by atoms with Gasteiger partial charge in [-0.05, 0) is 18.2 Å². The standard InChI is InChI=1S/C12H11ClN2O3/c1-14-7-5-8(12(16)17)15-11-6(13)3-4-9(18-2)10(7)11/h3-5H,1-2H3,(H,14,15)(H,16,17). The smallest absolute Gasteiger partial charge is 0.354 e. The minimum Gasteiger partial charge on any atom is -0.496 e. The van der Waals surface area contributed by atoms with Crippen molar-refractivity contribution in [1.29, 1.82) is 0 Å². The van der Waals surface area contributed by atoms with Gasteiger partial charge in [-0.2, -0.15) is 0 Å². The van der Waals surface area contributed by atoms with Crippen LogP contribution >= 0.6 is 11.6 Å². The average molecular weight is 267 g/mol. The summed E-state index contributed by atoms with van der Waals surface area (Å²) in [6, 6.07) is 4.79. The fourth-order valence-corrected chi connectivity index (χ4v) is 1.96. The van der Waals surface area contributed by atoms with Crippen LogP contribution in [0.2, 0.25) is 5.02 Å². The van der Waals surface area contributed by atoms with E-state index in [9.17, 15) is 4.79 Å². The lowest BCUT2D eigenvalue weighted by Crippen LogP contribution is -2.04. The number of rotatable bonds is 3. The molecule has 1 heterocycles. The molecule has 2 aromatic rings. The molecule has 0 aliphatic carbocycles. The Labute approximate surface area is 108 Å². The second kappa shape index (κ2) is 4.70. The highest BCUT2D eigenvalue weighted by Crippen LogP contribution is 2.35. The first-order valence-corrected chi connectivity index (χ1v) is 5.54. The number of carbonyl (C=O) groups is 1. The monoisotopic (exact) mass is 266 g/mol. The van der Waals surface area contributed by atoms with Crippen LogP contribution < -0.4 is 10.1 Å². The van der Waals surface area contributed by atoms with E-state index in [0.717, 1.165) is 0 Å². The zero-order chi connectivity index (χ0) is 13.3. The molecule has 0 saturated carbocycles. The number of aromatic carboxylic acids is 1. The molecule has 0 aliphatic rings. The molecule has 6 heteroatoms. The topological polar surface area (TPSA) is 71.5 Å².